The van der Waals surface area contributed by atoms with Gasteiger partial charge in [0.25, 0.3) is 11.8 Å². The number of nitrogens with zero attached hydrogens (tertiary/aromatic N) is 2. The van der Waals surface area contributed by atoms with E-state index in [2.05, 4.69) is 27.8 Å². The van der Waals surface area contributed by atoms with Gasteiger partial charge in [-0.25, -0.2) is 4.79 Å². The molecule has 11 heteroatoms. The number of hydrogen-bond donors (Lipinski definition) is 3. The van der Waals surface area contributed by atoms with E-state index in [0.717, 1.165) is 18.4 Å². The second-order valence-electron chi connectivity index (χ2n) is 11.4. The van der Waals surface area contributed by atoms with Crippen LogP contribution in [0.4, 0.5) is 10.5 Å². The van der Waals surface area contributed by atoms with E-state index < -0.39 is 29.1 Å². The first-order chi connectivity index (χ1) is 19.6. The number of methoxy groups -OCH3 is 1. The Labute approximate surface area is 237 Å². The molecule has 212 valence electrons. The maximum absolute atomic E-state index is 13.3. The summed E-state index contributed by atoms with van der Waals surface area (Å²) in [4.78, 5) is 66.8. The maximum atomic E-state index is 13.3. The smallest absolute Gasteiger partial charge is 0.323 e. The zero-order chi connectivity index (χ0) is 28.9. The normalized spacial score (nSPS) is 28.9. The predicted octanol–water partition coefficient (Wildman–Crippen LogP) is 0.894. The number of urea groups is 1. The van der Waals surface area contributed by atoms with Crippen LogP contribution in [0.15, 0.2) is 47.6 Å². The van der Waals surface area contributed by atoms with Gasteiger partial charge < -0.3 is 20.3 Å². The first-order valence-electron chi connectivity index (χ1n) is 13.7. The van der Waals surface area contributed by atoms with Gasteiger partial charge in [0, 0.05) is 49.4 Å². The number of benzene rings is 1. The van der Waals surface area contributed by atoms with Crippen molar-refractivity contribution in [3.05, 3.63) is 53.1 Å². The van der Waals surface area contributed by atoms with Crippen molar-refractivity contribution in [2.75, 3.05) is 25.1 Å². The van der Waals surface area contributed by atoms with Gasteiger partial charge in [0.15, 0.2) is 0 Å². The van der Waals surface area contributed by atoms with Gasteiger partial charge >= 0.3 is 6.03 Å². The Kier molecular flexibility index (Phi) is 6.46. The molecule has 3 N–H and O–H groups in total. The zero-order valence-electron chi connectivity index (χ0n) is 22.9. The molecule has 3 aliphatic heterocycles. The third kappa shape index (κ3) is 5.00. The van der Waals surface area contributed by atoms with Crippen LogP contribution in [0, 0.1) is 11.8 Å². The lowest BCUT2D eigenvalue weighted by Crippen LogP contribution is -2.55. The molecule has 1 aromatic carbocycles. The summed E-state index contributed by atoms with van der Waals surface area (Å²) in [6, 6.07) is 5.80. The van der Waals surface area contributed by atoms with Crippen molar-refractivity contribution in [1.82, 2.24) is 20.9 Å². The van der Waals surface area contributed by atoms with Crippen LogP contribution in [0.3, 0.4) is 0 Å². The molecular weight excluding hydrogens is 526 g/mol. The average Bonchev–Trinajstić information content (AvgIpc) is 3.51. The van der Waals surface area contributed by atoms with E-state index in [4.69, 9.17) is 4.74 Å². The lowest BCUT2D eigenvalue weighted by molar-refractivity contribution is -0.128. The van der Waals surface area contributed by atoms with E-state index in [-0.39, 0.29) is 30.3 Å². The maximum Gasteiger partial charge on any atom is 0.323 e. The minimum absolute atomic E-state index is 0.115. The number of hydrogen-bond acceptors (Lipinski definition) is 6. The molecule has 3 atom stereocenters. The van der Waals surface area contributed by atoms with Crippen molar-refractivity contribution < 1.29 is 28.7 Å². The third-order valence-electron chi connectivity index (χ3n) is 8.30. The Bertz CT molecular complexity index is 1480. The summed E-state index contributed by atoms with van der Waals surface area (Å²) in [7, 11) is 1.59. The zero-order valence-corrected chi connectivity index (χ0v) is 22.9. The van der Waals surface area contributed by atoms with Gasteiger partial charge in [0.05, 0.1) is 12.1 Å². The molecule has 2 saturated heterocycles. The molecule has 0 radical (unpaired) electrons. The van der Waals surface area contributed by atoms with Crippen LogP contribution in [0.25, 0.3) is 0 Å². The molecule has 5 aliphatic rings. The summed E-state index contributed by atoms with van der Waals surface area (Å²) in [5, 5.41) is 7.84. The topological polar surface area (TPSA) is 137 Å². The van der Waals surface area contributed by atoms with Crippen LogP contribution >= 0.6 is 0 Å². The Morgan fingerprint density at radius 3 is 2.56 bits per heavy atom. The molecule has 6 rings (SSSR count). The van der Waals surface area contributed by atoms with E-state index in [1.54, 1.807) is 31.4 Å². The second-order valence-corrected chi connectivity index (χ2v) is 11.4. The van der Waals surface area contributed by atoms with Gasteiger partial charge in [-0.05, 0) is 56.0 Å². The molecule has 0 aromatic heterocycles. The molecule has 1 aromatic rings. The summed E-state index contributed by atoms with van der Waals surface area (Å²) < 4.78 is 5.55. The molecule has 1 saturated carbocycles. The molecule has 41 heavy (non-hydrogen) atoms. The predicted molar refractivity (Wildman–Crippen MR) is 147 cm³/mol. The second kappa shape index (κ2) is 9.89. The minimum atomic E-state index is -1.63. The largest absolute Gasteiger partial charge is 0.374 e. The number of carbonyl (C=O) groups excluding carboxylic acids is 5. The van der Waals surface area contributed by atoms with Gasteiger partial charge in [-0.1, -0.05) is 24.0 Å². The summed E-state index contributed by atoms with van der Waals surface area (Å²) in [6.45, 7) is 2.07. The SMILES string of the molecule is COC1(C)C=CC2=C(C1)C(=O)N(CC1(C#Cc3ccc(N4C(=O)CCC4C(=O)NC4CC4)cc3)NC(=O)NC1=O)C2. The van der Waals surface area contributed by atoms with E-state index in [9.17, 15) is 24.0 Å². The number of carbonyl (C=O) groups is 5. The summed E-state index contributed by atoms with van der Waals surface area (Å²) in [5.74, 6) is 4.76. The fourth-order valence-electron chi connectivity index (χ4n) is 5.68. The lowest BCUT2D eigenvalue weighted by atomic mass is 9.88. The number of ether oxygens (including phenoxy) is 1. The Hall–Kier alpha value is -4.43. The number of amides is 6. The fourth-order valence-corrected chi connectivity index (χ4v) is 5.68. The molecule has 6 amide bonds. The number of imide groups is 1. The number of anilines is 1. The summed E-state index contributed by atoms with van der Waals surface area (Å²) >= 11 is 0. The van der Waals surface area contributed by atoms with Crippen LogP contribution in [0.2, 0.25) is 0 Å². The molecule has 11 nitrogen and oxygen atoms in total. The van der Waals surface area contributed by atoms with Gasteiger partial charge in [-0.3, -0.25) is 29.4 Å². The van der Waals surface area contributed by atoms with Crippen molar-refractivity contribution in [3.63, 3.8) is 0 Å². The Morgan fingerprint density at radius 1 is 1.15 bits per heavy atom. The molecule has 0 bridgehead atoms. The average molecular weight is 558 g/mol. The first kappa shape index (κ1) is 26.8. The van der Waals surface area contributed by atoms with E-state index in [1.807, 2.05) is 19.1 Å². The number of rotatable bonds is 6. The van der Waals surface area contributed by atoms with E-state index in [1.165, 1.54) is 9.80 Å². The highest BCUT2D eigenvalue weighted by atomic mass is 16.5. The Morgan fingerprint density at radius 2 is 1.90 bits per heavy atom. The van der Waals surface area contributed by atoms with Gasteiger partial charge in [0.2, 0.25) is 17.4 Å². The minimum Gasteiger partial charge on any atom is -0.374 e. The first-order valence-corrected chi connectivity index (χ1v) is 13.7. The van der Waals surface area contributed by atoms with Crippen molar-refractivity contribution in [2.45, 2.75) is 62.3 Å². The Balaban J connectivity index is 1.20. The van der Waals surface area contributed by atoms with Crippen molar-refractivity contribution >= 4 is 35.3 Å². The lowest BCUT2D eigenvalue weighted by Gasteiger charge is -2.28. The van der Waals surface area contributed by atoms with E-state index in [0.29, 0.717) is 42.6 Å². The van der Waals surface area contributed by atoms with Crippen molar-refractivity contribution in [1.29, 1.82) is 0 Å². The summed E-state index contributed by atoms with van der Waals surface area (Å²) in [5.41, 5.74) is 0.385. The van der Waals surface area contributed by atoms with Gasteiger partial charge in [0.1, 0.15) is 6.04 Å². The standard InChI is InChI=1S/C30H31N5O6/c1-29(41-2)13-12-19-16-34(26(38)22(19)15-29)17-30(27(39)32-28(40)33-30)14-11-18-3-7-21(8-4-18)35-23(9-10-24(35)36)25(37)31-20-5-6-20/h3-4,7-8,12-13,20,23H,5-6,9-10,15-17H2,1-2H3,(H,31,37)(H2,32,33,39,40). The van der Waals surface area contributed by atoms with Gasteiger partial charge in [-0.2, -0.15) is 0 Å². The van der Waals surface area contributed by atoms with Crippen LogP contribution in [0.5, 0.6) is 0 Å². The molecular formula is C30H31N5O6. The van der Waals surface area contributed by atoms with Crippen LogP contribution in [-0.4, -0.2) is 78.0 Å². The third-order valence-corrected chi connectivity index (χ3v) is 8.30. The fraction of sp³-hybridized carbons (Fsp3) is 0.433. The monoisotopic (exact) mass is 557 g/mol. The number of nitrogens with one attached hydrogen (secondary N) is 3. The molecule has 2 aliphatic carbocycles. The van der Waals surface area contributed by atoms with Crippen LogP contribution in [-0.2, 0) is 23.9 Å². The quantitative estimate of drug-likeness (QED) is 0.351. The van der Waals surface area contributed by atoms with E-state index >= 15 is 0 Å². The molecule has 3 fully saturated rings. The van der Waals surface area contributed by atoms with Crippen LogP contribution < -0.4 is 20.9 Å². The highest BCUT2D eigenvalue weighted by Gasteiger charge is 2.49. The summed E-state index contributed by atoms with van der Waals surface area (Å²) in [6.07, 6.45) is 6.91. The molecule has 3 unspecified atom stereocenters. The highest BCUT2D eigenvalue weighted by molar-refractivity contribution is 6.10. The van der Waals surface area contributed by atoms with Crippen molar-refractivity contribution in [2.24, 2.45) is 0 Å². The van der Waals surface area contributed by atoms with Crippen molar-refractivity contribution in [3.8, 4) is 11.8 Å². The highest BCUT2D eigenvalue weighted by Crippen LogP contribution is 2.35. The molecule has 3 heterocycles. The van der Waals surface area contributed by atoms with Gasteiger partial charge in [-0.15, -0.1) is 0 Å². The molecule has 0 spiro atoms. The van der Waals surface area contributed by atoms with Crippen LogP contribution in [0.1, 0.15) is 44.6 Å².